The lowest BCUT2D eigenvalue weighted by Gasteiger charge is -2.05. The van der Waals surface area contributed by atoms with Crippen molar-refractivity contribution >= 4 is 23.6 Å². The molecule has 2 N–H and O–H groups in total. The molecule has 2 aromatic rings. The summed E-state index contributed by atoms with van der Waals surface area (Å²) in [6.07, 6.45) is 1.46. The zero-order valence-electron chi connectivity index (χ0n) is 12.8. The number of anilines is 1. The van der Waals surface area contributed by atoms with E-state index in [1.165, 1.54) is 30.3 Å². The van der Waals surface area contributed by atoms with Crippen LogP contribution in [0.25, 0.3) is 6.08 Å². The number of rotatable bonds is 5. The first kappa shape index (κ1) is 16.8. The van der Waals surface area contributed by atoms with Gasteiger partial charge in [-0.25, -0.2) is 4.79 Å². The second kappa shape index (κ2) is 7.61. The molecule has 0 aliphatic carbocycles. The van der Waals surface area contributed by atoms with E-state index >= 15 is 0 Å². The summed E-state index contributed by atoms with van der Waals surface area (Å²) in [7, 11) is 1.55. The lowest BCUT2D eigenvalue weighted by atomic mass is 10.1. The summed E-state index contributed by atoms with van der Waals surface area (Å²) in [4.78, 5) is 22.9. The number of aromatic carboxylic acids is 1. The molecule has 0 heterocycles. The Balaban J connectivity index is 2.14. The summed E-state index contributed by atoms with van der Waals surface area (Å²) in [6.45, 7) is 0. The zero-order chi connectivity index (χ0) is 17.5. The minimum Gasteiger partial charge on any atom is -0.497 e. The highest BCUT2D eigenvalue weighted by atomic mass is 16.5. The molecule has 0 bridgehead atoms. The second-order valence-corrected chi connectivity index (χ2v) is 4.78. The van der Waals surface area contributed by atoms with E-state index in [2.05, 4.69) is 5.32 Å². The Morgan fingerprint density at radius 1 is 1.12 bits per heavy atom. The van der Waals surface area contributed by atoms with Crippen LogP contribution in [0.1, 0.15) is 15.9 Å². The fourth-order valence-electron chi connectivity index (χ4n) is 1.91. The molecule has 0 atom stereocenters. The number of nitrogens with zero attached hydrogens (tertiary/aromatic N) is 1. The van der Waals surface area contributed by atoms with Crippen LogP contribution in [-0.4, -0.2) is 24.1 Å². The predicted octanol–water partition coefficient (Wildman–Crippen LogP) is 2.94. The number of nitrogens with one attached hydrogen (secondary N) is 1. The first-order valence-electron chi connectivity index (χ1n) is 6.94. The molecule has 0 radical (unpaired) electrons. The van der Waals surface area contributed by atoms with Gasteiger partial charge in [0.05, 0.1) is 12.7 Å². The number of hydrogen-bond acceptors (Lipinski definition) is 4. The highest BCUT2D eigenvalue weighted by molar-refractivity contribution is 6.09. The maximum Gasteiger partial charge on any atom is 0.335 e. The van der Waals surface area contributed by atoms with Crippen molar-refractivity contribution in [1.82, 2.24) is 0 Å². The third-order valence-corrected chi connectivity index (χ3v) is 3.18. The number of methoxy groups -OCH3 is 1. The van der Waals surface area contributed by atoms with E-state index in [9.17, 15) is 14.9 Å². The van der Waals surface area contributed by atoms with Crippen molar-refractivity contribution < 1.29 is 19.4 Å². The molecule has 0 aromatic heterocycles. The van der Waals surface area contributed by atoms with Crippen molar-refractivity contribution in [2.45, 2.75) is 0 Å². The molecule has 24 heavy (non-hydrogen) atoms. The van der Waals surface area contributed by atoms with Crippen LogP contribution in [0.4, 0.5) is 5.69 Å². The molecule has 1 amide bonds. The van der Waals surface area contributed by atoms with Gasteiger partial charge in [0.15, 0.2) is 0 Å². The van der Waals surface area contributed by atoms with Crippen LogP contribution in [0.3, 0.4) is 0 Å². The smallest absolute Gasteiger partial charge is 0.335 e. The van der Waals surface area contributed by atoms with E-state index in [4.69, 9.17) is 9.84 Å². The Morgan fingerprint density at radius 3 is 2.25 bits per heavy atom. The number of carboxylic acids is 1. The molecule has 6 nitrogen and oxygen atoms in total. The Bertz CT molecular complexity index is 816. The minimum atomic E-state index is -1.05. The summed E-state index contributed by atoms with van der Waals surface area (Å²) in [6, 6.07) is 14.4. The van der Waals surface area contributed by atoms with Crippen molar-refractivity contribution in [1.29, 1.82) is 5.26 Å². The van der Waals surface area contributed by atoms with Crippen LogP contribution < -0.4 is 10.1 Å². The summed E-state index contributed by atoms with van der Waals surface area (Å²) >= 11 is 0. The van der Waals surface area contributed by atoms with Crippen molar-refractivity contribution in [2.75, 3.05) is 12.4 Å². The fourth-order valence-corrected chi connectivity index (χ4v) is 1.91. The average molecular weight is 322 g/mol. The van der Waals surface area contributed by atoms with E-state index in [-0.39, 0.29) is 11.1 Å². The number of hydrogen-bond donors (Lipinski definition) is 2. The number of carbonyl (C=O) groups excluding carboxylic acids is 1. The van der Waals surface area contributed by atoms with Crippen LogP contribution in [0.15, 0.2) is 54.1 Å². The van der Waals surface area contributed by atoms with Crippen molar-refractivity contribution in [3.63, 3.8) is 0 Å². The fraction of sp³-hybridized carbons (Fsp3) is 0.0556. The summed E-state index contributed by atoms with van der Waals surface area (Å²) in [5.74, 6) is -0.949. The number of amides is 1. The molecule has 6 heteroatoms. The maximum absolute atomic E-state index is 12.1. The molecule has 0 unspecified atom stereocenters. The third kappa shape index (κ3) is 4.21. The average Bonchev–Trinajstić information content (AvgIpc) is 2.60. The van der Waals surface area contributed by atoms with Crippen LogP contribution in [-0.2, 0) is 4.79 Å². The van der Waals surface area contributed by atoms with Crippen LogP contribution >= 0.6 is 0 Å². The maximum atomic E-state index is 12.1. The van der Waals surface area contributed by atoms with Crippen molar-refractivity contribution in [3.8, 4) is 11.8 Å². The summed E-state index contributed by atoms with van der Waals surface area (Å²) in [5.41, 5.74) is 1.13. The Labute approximate surface area is 138 Å². The van der Waals surface area contributed by atoms with Gasteiger partial charge in [-0.15, -0.1) is 0 Å². The quantitative estimate of drug-likeness (QED) is 0.651. The molecule has 0 saturated heterocycles. The Kier molecular flexibility index (Phi) is 5.32. The monoisotopic (exact) mass is 322 g/mol. The van der Waals surface area contributed by atoms with E-state index < -0.39 is 11.9 Å². The van der Waals surface area contributed by atoms with Gasteiger partial charge in [-0.3, -0.25) is 4.79 Å². The Hall–Kier alpha value is -3.59. The van der Waals surface area contributed by atoms with Gasteiger partial charge in [-0.05, 0) is 48.0 Å². The first-order chi connectivity index (χ1) is 11.5. The van der Waals surface area contributed by atoms with Gasteiger partial charge in [0, 0.05) is 5.69 Å². The number of benzene rings is 2. The first-order valence-corrected chi connectivity index (χ1v) is 6.94. The molecule has 0 spiro atoms. The van der Waals surface area contributed by atoms with E-state index in [0.29, 0.717) is 17.0 Å². The molecular formula is C18H14N2O4. The topological polar surface area (TPSA) is 99.4 Å². The summed E-state index contributed by atoms with van der Waals surface area (Å²) in [5, 5.41) is 20.6. The van der Waals surface area contributed by atoms with E-state index in [1.54, 1.807) is 31.4 Å². The molecule has 0 aliphatic heterocycles. The summed E-state index contributed by atoms with van der Waals surface area (Å²) < 4.78 is 5.05. The number of carbonyl (C=O) groups is 2. The molecule has 120 valence electrons. The molecule has 0 saturated carbocycles. The molecule has 0 aliphatic rings. The largest absolute Gasteiger partial charge is 0.497 e. The highest BCUT2D eigenvalue weighted by Crippen LogP contribution is 2.15. The van der Waals surface area contributed by atoms with Gasteiger partial charge in [0.1, 0.15) is 17.4 Å². The molecule has 0 fully saturated rings. The molecule has 2 aromatic carbocycles. The van der Waals surface area contributed by atoms with Crippen LogP contribution in [0, 0.1) is 11.3 Å². The van der Waals surface area contributed by atoms with Crippen LogP contribution in [0.2, 0.25) is 0 Å². The lowest BCUT2D eigenvalue weighted by Crippen LogP contribution is -2.13. The Morgan fingerprint density at radius 2 is 1.75 bits per heavy atom. The number of ether oxygens (including phenoxy) is 1. The van der Waals surface area contributed by atoms with E-state index in [1.807, 2.05) is 6.07 Å². The van der Waals surface area contributed by atoms with Gasteiger partial charge >= 0.3 is 5.97 Å². The minimum absolute atomic E-state index is 0.0672. The predicted molar refractivity (Wildman–Crippen MR) is 88.6 cm³/mol. The lowest BCUT2D eigenvalue weighted by molar-refractivity contribution is -0.112. The highest BCUT2D eigenvalue weighted by Gasteiger charge is 2.10. The number of nitriles is 1. The molecule has 2 rings (SSSR count). The second-order valence-electron chi connectivity index (χ2n) is 4.78. The van der Waals surface area contributed by atoms with Gasteiger partial charge in [-0.1, -0.05) is 12.1 Å². The van der Waals surface area contributed by atoms with Crippen LogP contribution in [0.5, 0.6) is 5.75 Å². The molecular weight excluding hydrogens is 308 g/mol. The third-order valence-electron chi connectivity index (χ3n) is 3.18. The zero-order valence-corrected chi connectivity index (χ0v) is 12.8. The van der Waals surface area contributed by atoms with E-state index in [0.717, 1.165) is 0 Å². The van der Waals surface area contributed by atoms with Gasteiger partial charge in [-0.2, -0.15) is 5.26 Å². The van der Waals surface area contributed by atoms with Gasteiger partial charge < -0.3 is 15.2 Å². The SMILES string of the molecule is COc1ccc(C=C(C#N)C(=O)Nc2ccc(C(=O)O)cc2)cc1. The normalized spacial score (nSPS) is 10.6. The van der Waals surface area contributed by atoms with Crippen molar-refractivity contribution in [3.05, 3.63) is 65.2 Å². The standard InChI is InChI=1S/C18H14N2O4/c1-24-16-8-2-12(3-9-16)10-14(11-19)17(21)20-15-6-4-13(5-7-15)18(22)23/h2-10H,1H3,(H,20,21)(H,22,23). The van der Waals surface area contributed by atoms with Crippen molar-refractivity contribution in [2.24, 2.45) is 0 Å². The number of carboxylic acid groups (broad SMARTS) is 1. The van der Waals surface area contributed by atoms with Gasteiger partial charge in [0.25, 0.3) is 5.91 Å². The van der Waals surface area contributed by atoms with Gasteiger partial charge in [0.2, 0.25) is 0 Å².